The van der Waals surface area contributed by atoms with Gasteiger partial charge in [0, 0.05) is 56.9 Å². The van der Waals surface area contributed by atoms with E-state index in [0.29, 0.717) is 25.1 Å². The second-order valence-electron chi connectivity index (χ2n) is 11.2. The van der Waals surface area contributed by atoms with Crippen molar-refractivity contribution in [1.29, 1.82) is 0 Å². The fraction of sp³-hybridized carbons (Fsp3) is 0.481. The molecule has 2 N–H and O–H groups in total. The number of carbonyl (C=O) groups excluding carboxylic acids is 4. The summed E-state index contributed by atoms with van der Waals surface area (Å²) >= 11 is 5.81. The molecule has 0 spiro atoms. The Morgan fingerprint density at radius 1 is 1.02 bits per heavy atom. The molecule has 1 aromatic heterocycles. The van der Waals surface area contributed by atoms with Gasteiger partial charge in [0.15, 0.2) is 0 Å². The van der Waals surface area contributed by atoms with E-state index in [1.807, 2.05) is 0 Å². The maximum absolute atomic E-state index is 14.1. The van der Waals surface area contributed by atoms with E-state index in [-0.39, 0.29) is 53.7 Å². The van der Waals surface area contributed by atoms with Gasteiger partial charge in [-0.25, -0.2) is 21.6 Å². The highest BCUT2D eigenvalue weighted by Gasteiger charge is 2.63. The fourth-order valence-corrected chi connectivity index (χ4v) is 7.12. The van der Waals surface area contributed by atoms with Gasteiger partial charge in [0.25, 0.3) is 23.5 Å². The van der Waals surface area contributed by atoms with E-state index in [2.05, 4.69) is 10.6 Å². The summed E-state index contributed by atoms with van der Waals surface area (Å²) in [7, 11) is -3.51. The van der Waals surface area contributed by atoms with Crippen molar-refractivity contribution in [3.05, 3.63) is 51.6 Å². The SMILES string of the molecule is Cc1c(C(=O)C(=O)NC2(C(=O)N3CCN(S(C)(=O)=O)CC3)CC(F)(F)C2)c2n(c1C(=O)Nc1ccc(F)c(Cl)c1)CCC2. The molecule has 1 saturated heterocycles. The molecule has 16 heteroatoms. The number of carbonyl (C=O) groups is 4. The summed E-state index contributed by atoms with van der Waals surface area (Å²) in [6.07, 6.45) is -0.0417. The number of aromatic nitrogens is 1. The van der Waals surface area contributed by atoms with Crippen LogP contribution in [0.3, 0.4) is 0 Å². The van der Waals surface area contributed by atoms with E-state index >= 15 is 0 Å². The number of sulfonamides is 1. The Balaban J connectivity index is 1.37. The monoisotopic (exact) mass is 643 g/mol. The van der Waals surface area contributed by atoms with Crippen molar-refractivity contribution in [2.75, 3.05) is 37.8 Å². The number of halogens is 4. The average molecular weight is 644 g/mol. The number of piperazine rings is 1. The van der Waals surface area contributed by atoms with Gasteiger partial charge in [-0.05, 0) is 43.5 Å². The van der Waals surface area contributed by atoms with Crippen LogP contribution in [0.2, 0.25) is 5.02 Å². The van der Waals surface area contributed by atoms with Gasteiger partial charge in [-0.1, -0.05) is 11.6 Å². The van der Waals surface area contributed by atoms with Gasteiger partial charge in [-0.3, -0.25) is 19.2 Å². The summed E-state index contributed by atoms with van der Waals surface area (Å²) in [4.78, 5) is 54.7. The Morgan fingerprint density at radius 3 is 2.26 bits per heavy atom. The number of alkyl halides is 2. The van der Waals surface area contributed by atoms with Gasteiger partial charge >= 0.3 is 0 Å². The number of fused-ring (bicyclic) bond motifs is 1. The van der Waals surface area contributed by atoms with E-state index in [1.165, 1.54) is 24.0 Å². The lowest BCUT2D eigenvalue weighted by Crippen LogP contribution is -2.71. The Hall–Kier alpha value is -3.43. The molecule has 3 aliphatic rings. The quantitative estimate of drug-likeness (QED) is 0.351. The molecule has 2 fully saturated rings. The molecule has 3 amide bonds. The van der Waals surface area contributed by atoms with E-state index in [9.17, 15) is 40.8 Å². The highest BCUT2D eigenvalue weighted by molar-refractivity contribution is 7.88. The number of anilines is 1. The number of benzene rings is 1. The molecule has 11 nitrogen and oxygen atoms in total. The third kappa shape index (κ3) is 5.77. The van der Waals surface area contributed by atoms with Crippen LogP contribution in [0.25, 0.3) is 0 Å². The van der Waals surface area contributed by atoms with Crippen molar-refractivity contribution in [2.45, 2.75) is 50.6 Å². The molecule has 1 saturated carbocycles. The predicted molar refractivity (Wildman–Crippen MR) is 149 cm³/mol. The molecule has 0 bridgehead atoms. The minimum Gasteiger partial charge on any atom is -0.340 e. The first kappa shape index (κ1) is 31.0. The number of ketones is 1. The smallest absolute Gasteiger partial charge is 0.293 e. The number of nitrogens with one attached hydrogen (secondary N) is 2. The predicted octanol–water partition coefficient (Wildman–Crippen LogP) is 2.36. The van der Waals surface area contributed by atoms with Crippen molar-refractivity contribution in [3.63, 3.8) is 0 Å². The van der Waals surface area contributed by atoms with Crippen LogP contribution in [0.1, 0.15) is 51.4 Å². The van der Waals surface area contributed by atoms with Crippen molar-refractivity contribution >= 4 is 50.8 Å². The van der Waals surface area contributed by atoms with Gasteiger partial charge in [0.05, 0.1) is 16.8 Å². The second-order valence-corrected chi connectivity index (χ2v) is 13.6. The van der Waals surface area contributed by atoms with Crippen LogP contribution in [0.4, 0.5) is 18.9 Å². The molecule has 3 heterocycles. The number of hydrogen-bond acceptors (Lipinski definition) is 6. The Bertz CT molecular complexity index is 1640. The summed E-state index contributed by atoms with van der Waals surface area (Å²) in [5.41, 5.74) is -1.16. The van der Waals surface area contributed by atoms with Crippen molar-refractivity contribution in [2.24, 2.45) is 0 Å². The topological polar surface area (TPSA) is 138 Å². The van der Waals surface area contributed by atoms with Crippen LogP contribution in [0, 0.1) is 12.7 Å². The Labute approximate surface area is 250 Å². The lowest BCUT2D eigenvalue weighted by molar-refractivity contribution is -0.174. The van der Waals surface area contributed by atoms with E-state index in [0.717, 1.165) is 16.6 Å². The van der Waals surface area contributed by atoms with Crippen LogP contribution >= 0.6 is 11.6 Å². The van der Waals surface area contributed by atoms with Crippen LogP contribution in [-0.2, 0) is 32.6 Å². The summed E-state index contributed by atoms with van der Waals surface area (Å²) < 4.78 is 68.3. The van der Waals surface area contributed by atoms with Gasteiger partial charge in [0.2, 0.25) is 15.9 Å². The van der Waals surface area contributed by atoms with Gasteiger partial charge in [-0.2, -0.15) is 4.31 Å². The summed E-state index contributed by atoms with van der Waals surface area (Å²) in [5, 5.41) is 4.69. The van der Waals surface area contributed by atoms with Gasteiger partial charge in [-0.15, -0.1) is 0 Å². The summed E-state index contributed by atoms with van der Waals surface area (Å²) in [6, 6.07) is 3.62. The number of nitrogens with zero attached hydrogens (tertiary/aromatic N) is 3. The second kappa shape index (κ2) is 10.9. The first-order chi connectivity index (χ1) is 20.0. The first-order valence-corrected chi connectivity index (χ1v) is 15.7. The van der Waals surface area contributed by atoms with Crippen LogP contribution in [0.5, 0.6) is 0 Å². The zero-order valence-electron chi connectivity index (χ0n) is 23.3. The van der Waals surface area contributed by atoms with Crippen LogP contribution < -0.4 is 10.6 Å². The lowest BCUT2D eigenvalue weighted by Gasteiger charge is -2.49. The molecule has 0 atom stereocenters. The molecule has 5 rings (SSSR count). The molecule has 2 aromatic rings. The molecule has 1 aliphatic carbocycles. The van der Waals surface area contributed by atoms with Crippen molar-refractivity contribution in [1.82, 2.24) is 19.1 Å². The Kier molecular flexibility index (Phi) is 7.88. The molecule has 43 heavy (non-hydrogen) atoms. The number of hydrogen-bond donors (Lipinski definition) is 2. The summed E-state index contributed by atoms with van der Waals surface area (Å²) in [5.74, 6) is -7.70. The molecule has 1 aromatic carbocycles. The normalized spacial score (nSPS) is 19.3. The van der Waals surface area contributed by atoms with Crippen LogP contribution in [-0.4, -0.2) is 89.6 Å². The van der Waals surface area contributed by atoms with E-state index in [1.54, 1.807) is 4.57 Å². The summed E-state index contributed by atoms with van der Waals surface area (Å²) in [6.45, 7) is 1.67. The largest absolute Gasteiger partial charge is 0.340 e. The number of rotatable bonds is 7. The molecular formula is C27H29ClF3N5O6S. The highest BCUT2D eigenvalue weighted by Crippen LogP contribution is 2.47. The minimum absolute atomic E-state index is 0.0328. The van der Waals surface area contributed by atoms with E-state index < -0.39 is 63.6 Å². The van der Waals surface area contributed by atoms with Gasteiger partial charge in [0.1, 0.15) is 17.1 Å². The zero-order valence-corrected chi connectivity index (χ0v) is 24.9. The highest BCUT2D eigenvalue weighted by atomic mass is 35.5. The standard InChI is InChI=1S/C27H29ClF3N5O6S/c1-15-20(19-4-3-7-36(19)21(15)23(38)32-16-5-6-18(29)17(28)12-16)22(37)24(39)33-26(13-27(30,31)14-26)25(40)34-8-10-35(11-9-34)43(2,41)42/h5-6,12H,3-4,7-11,13-14H2,1-2H3,(H,32,38)(H,33,39). The third-order valence-corrected chi connectivity index (χ3v) is 9.71. The molecular weight excluding hydrogens is 615 g/mol. The Morgan fingerprint density at radius 2 is 1.67 bits per heavy atom. The first-order valence-electron chi connectivity index (χ1n) is 13.5. The molecule has 232 valence electrons. The van der Waals surface area contributed by atoms with Crippen LogP contribution in [0.15, 0.2) is 18.2 Å². The molecule has 0 unspecified atom stereocenters. The third-order valence-electron chi connectivity index (χ3n) is 8.11. The van der Waals surface area contributed by atoms with Crippen molar-refractivity contribution < 1.29 is 40.8 Å². The number of amides is 3. The van der Waals surface area contributed by atoms with E-state index in [4.69, 9.17) is 11.6 Å². The maximum Gasteiger partial charge on any atom is 0.293 e. The maximum atomic E-state index is 14.1. The molecule has 0 radical (unpaired) electrons. The van der Waals surface area contributed by atoms with Gasteiger partial charge < -0.3 is 20.1 Å². The molecule has 2 aliphatic heterocycles. The minimum atomic E-state index is -3.51. The average Bonchev–Trinajstić information content (AvgIpc) is 3.47. The number of Topliss-reactive ketones (excluding diaryl/α,β-unsaturated/α-hetero) is 1. The fourth-order valence-electron chi connectivity index (χ4n) is 6.11. The lowest BCUT2D eigenvalue weighted by atomic mass is 9.72. The van der Waals surface area contributed by atoms with Crippen molar-refractivity contribution in [3.8, 4) is 0 Å². The zero-order chi connectivity index (χ0) is 31.5.